The third-order valence-corrected chi connectivity index (χ3v) is 7.47. The van der Waals surface area contributed by atoms with Gasteiger partial charge >= 0.3 is 29.2 Å². The Kier molecular flexibility index (Phi) is 8.50. The van der Waals surface area contributed by atoms with Crippen LogP contribution in [-0.2, 0) is 31.6 Å². The maximum atomic E-state index is 12.1. The minimum atomic E-state index is -5.62. The summed E-state index contributed by atoms with van der Waals surface area (Å²) in [6.07, 6.45) is 2.91. The highest BCUT2D eigenvalue weighted by atomic mass is 31.3. The fourth-order valence-electron chi connectivity index (χ4n) is 2.52. The van der Waals surface area contributed by atoms with Crippen molar-refractivity contribution in [2.75, 3.05) is 13.2 Å². The summed E-state index contributed by atoms with van der Waals surface area (Å²) in [6, 6.07) is 0. The Labute approximate surface area is 173 Å². The Morgan fingerprint density at radius 1 is 1.16 bits per heavy atom. The number of nitrogens with two attached hydrogens (primary N) is 1. The summed E-state index contributed by atoms with van der Waals surface area (Å²) in [5.41, 5.74) is 4.09. The predicted octanol–water partition coefficient (Wildman–Crippen LogP) is -0.471. The molecule has 1 aliphatic heterocycles. The van der Waals surface area contributed by atoms with E-state index in [1.807, 2.05) is 0 Å². The molecule has 0 aromatic carbocycles. The highest BCUT2D eigenvalue weighted by Gasteiger charge is 2.41. The molecule has 0 bridgehead atoms. The van der Waals surface area contributed by atoms with Gasteiger partial charge in [-0.25, -0.2) is 18.5 Å². The fourth-order valence-corrected chi connectivity index (χ4v) is 5.57. The van der Waals surface area contributed by atoms with Crippen molar-refractivity contribution in [1.29, 1.82) is 0 Å². The summed E-state index contributed by atoms with van der Waals surface area (Å²) in [6.45, 7) is -0.473. The first-order valence-electron chi connectivity index (χ1n) is 8.37. The average Bonchev–Trinajstić information content (AvgIpc) is 3.05. The molecular weight excluding hydrogens is 487 g/mol. The molecule has 0 radical (unpaired) electrons. The van der Waals surface area contributed by atoms with Crippen LogP contribution in [0.3, 0.4) is 0 Å². The molecular formula is C12H20N3O13P3. The van der Waals surface area contributed by atoms with Crippen LogP contribution in [0.5, 0.6) is 0 Å². The molecule has 16 nitrogen and oxygen atoms in total. The van der Waals surface area contributed by atoms with Crippen molar-refractivity contribution in [3.05, 3.63) is 38.7 Å². The van der Waals surface area contributed by atoms with Crippen LogP contribution < -0.4 is 17.0 Å². The van der Waals surface area contributed by atoms with Crippen LogP contribution in [0.15, 0.2) is 21.9 Å². The van der Waals surface area contributed by atoms with Crippen LogP contribution in [0, 0.1) is 0 Å². The topological polar surface area (TPSA) is 250 Å². The number of H-pyrrole nitrogens is 1. The summed E-state index contributed by atoms with van der Waals surface area (Å²) >= 11 is 0. The van der Waals surface area contributed by atoms with Gasteiger partial charge in [-0.3, -0.25) is 18.9 Å². The van der Waals surface area contributed by atoms with E-state index in [-0.39, 0.29) is 24.9 Å². The van der Waals surface area contributed by atoms with Gasteiger partial charge in [0.1, 0.15) is 6.23 Å². The van der Waals surface area contributed by atoms with Gasteiger partial charge in [-0.05, 0) is 12.8 Å². The molecule has 1 fully saturated rings. The van der Waals surface area contributed by atoms with Crippen LogP contribution in [0.1, 0.15) is 24.6 Å². The van der Waals surface area contributed by atoms with Crippen LogP contribution in [-0.4, -0.2) is 48.4 Å². The average molecular weight is 507 g/mol. The molecule has 0 aliphatic carbocycles. The van der Waals surface area contributed by atoms with E-state index in [0.717, 1.165) is 4.57 Å². The zero-order valence-corrected chi connectivity index (χ0v) is 18.2. The SMILES string of the molecule is NCC=Cc1cn([C@H]2CC[C@@H](COP(=O)(O)OP(=O)(O)OP(=O)(O)O)O2)c(=O)[nH]c1=O. The third kappa shape index (κ3) is 8.31. The van der Waals surface area contributed by atoms with Gasteiger partial charge in [-0.15, -0.1) is 0 Å². The first-order valence-corrected chi connectivity index (χ1v) is 12.9. The summed E-state index contributed by atoms with van der Waals surface area (Å²) in [7, 11) is -16.4. The number of nitrogens with one attached hydrogen (secondary N) is 1. The van der Waals surface area contributed by atoms with E-state index in [1.165, 1.54) is 18.3 Å². The summed E-state index contributed by atoms with van der Waals surface area (Å²) < 4.78 is 52.0. The quantitative estimate of drug-likeness (QED) is 0.219. The first kappa shape index (κ1) is 26.0. The maximum absolute atomic E-state index is 12.1. The molecule has 2 unspecified atom stereocenters. The van der Waals surface area contributed by atoms with Crippen molar-refractivity contribution in [3.8, 4) is 0 Å². The molecule has 1 saturated heterocycles. The Hall–Kier alpha value is -1.25. The molecule has 2 heterocycles. The van der Waals surface area contributed by atoms with E-state index in [4.69, 9.17) is 25.2 Å². The fraction of sp³-hybridized carbons (Fsp3) is 0.500. The number of aromatic nitrogens is 2. The predicted molar refractivity (Wildman–Crippen MR) is 102 cm³/mol. The van der Waals surface area contributed by atoms with Crippen molar-refractivity contribution < 1.29 is 51.2 Å². The van der Waals surface area contributed by atoms with Crippen molar-refractivity contribution in [2.45, 2.75) is 25.2 Å². The molecule has 0 amide bonds. The molecule has 31 heavy (non-hydrogen) atoms. The molecule has 19 heteroatoms. The zero-order valence-electron chi connectivity index (χ0n) is 15.5. The zero-order chi connectivity index (χ0) is 23.4. The number of nitrogens with zero attached hydrogens (tertiary/aromatic N) is 1. The molecule has 7 N–H and O–H groups in total. The lowest BCUT2D eigenvalue weighted by Crippen LogP contribution is -2.33. The monoisotopic (exact) mass is 507 g/mol. The number of rotatable bonds is 10. The number of phosphoric acid groups is 3. The summed E-state index contributed by atoms with van der Waals surface area (Å²) in [4.78, 5) is 61.5. The first-order chi connectivity index (χ1) is 14.2. The maximum Gasteiger partial charge on any atom is 0.490 e. The molecule has 176 valence electrons. The minimum Gasteiger partial charge on any atom is -0.352 e. The van der Waals surface area contributed by atoms with E-state index >= 15 is 0 Å². The van der Waals surface area contributed by atoms with Gasteiger partial charge in [-0.2, -0.15) is 8.62 Å². The number of phosphoric ester groups is 1. The van der Waals surface area contributed by atoms with E-state index < -0.39 is 53.7 Å². The second-order valence-electron chi connectivity index (χ2n) is 6.07. The standard InChI is InChI=1S/C12H20N3O13P3/c13-5-1-2-8-6-15(12(17)14-11(8)16)10-4-3-9(26-10)7-25-30(21,22)28-31(23,24)27-29(18,19)20/h1-2,6,9-10H,3-5,7,13H2,(H,21,22)(H,23,24)(H,14,16,17)(H2,18,19,20)/t9-,10+/m0/s1. The van der Waals surface area contributed by atoms with Crippen molar-refractivity contribution >= 4 is 29.5 Å². The molecule has 2 rings (SSSR count). The lowest BCUT2D eigenvalue weighted by molar-refractivity contribution is -0.0243. The minimum absolute atomic E-state index is 0.144. The highest BCUT2D eigenvalue weighted by Crippen LogP contribution is 2.66. The normalized spacial score (nSPS) is 23.6. The van der Waals surface area contributed by atoms with Crippen LogP contribution in [0.25, 0.3) is 6.08 Å². The number of aromatic amines is 1. The van der Waals surface area contributed by atoms with E-state index in [1.54, 1.807) is 0 Å². The van der Waals surface area contributed by atoms with Crippen molar-refractivity contribution in [1.82, 2.24) is 9.55 Å². The van der Waals surface area contributed by atoms with Gasteiger partial charge in [0, 0.05) is 12.7 Å². The van der Waals surface area contributed by atoms with Gasteiger partial charge < -0.3 is 30.0 Å². The Morgan fingerprint density at radius 3 is 2.45 bits per heavy atom. The summed E-state index contributed by atoms with van der Waals surface area (Å²) in [5.74, 6) is 0. The van der Waals surface area contributed by atoms with E-state index in [2.05, 4.69) is 18.1 Å². The lowest BCUT2D eigenvalue weighted by Gasteiger charge is -2.19. The highest BCUT2D eigenvalue weighted by molar-refractivity contribution is 7.66. The third-order valence-electron chi connectivity index (χ3n) is 3.66. The second kappa shape index (κ2) is 10.1. The number of hydrogen-bond donors (Lipinski definition) is 6. The van der Waals surface area contributed by atoms with Gasteiger partial charge in [0.15, 0.2) is 0 Å². The van der Waals surface area contributed by atoms with Crippen LogP contribution in [0.2, 0.25) is 0 Å². The Balaban J connectivity index is 2.01. The van der Waals surface area contributed by atoms with Crippen LogP contribution in [0.4, 0.5) is 0 Å². The Morgan fingerprint density at radius 2 is 1.84 bits per heavy atom. The van der Waals surface area contributed by atoms with E-state index in [9.17, 15) is 28.2 Å². The largest absolute Gasteiger partial charge is 0.490 e. The molecule has 1 aromatic rings. The molecule has 0 saturated carbocycles. The second-order valence-corrected chi connectivity index (χ2v) is 10.5. The summed E-state index contributed by atoms with van der Waals surface area (Å²) in [5, 5.41) is 0. The van der Waals surface area contributed by atoms with E-state index in [0.29, 0.717) is 0 Å². The number of ether oxygens (including phenoxy) is 1. The van der Waals surface area contributed by atoms with Gasteiger partial charge in [-0.1, -0.05) is 12.2 Å². The molecule has 0 spiro atoms. The lowest BCUT2D eigenvalue weighted by atomic mass is 10.2. The van der Waals surface area contributed by atoms with Gasteiger partial charge in [0.05, 0.1) is 18.3 Å². The van der Waals surface area contributed by atoms with Crippen molar-refractivity contribution in [2.24, 2.45) is 5.73 Å². The molecule has 4 atom stereocenters. The number of hydrogen-bond acceptors (Lipinski definition) is 10. The molecule has 1 aliphatic rings. The van der Waals surface area contributed by atoms with Crippen LogP contribution >= 0.6 is 23.5 Å². The molecule has 1 aromatic heterocycles. The van der Waals surface area contributed by atoms with Crippen molar-refractivity contribution in [3.63, 3.8) is 0 Å². The van der Waals surface area contributed by atoms with Gasteiger partial charge in [0.2, 0.25) is 0 Å². The smallest absolute Gasteiger partial charge is 0.352 e. The van der Waals surface area contributed by atoms with Gasteiger partial charge in [0.25, 0.3) is 5.56 Å². The Bertz CT molecular complexity index is 1080.